The number of piperidine rings is 1. The van der Waals surface area contributed by atoms with Gasteiger partial charge in [0, 0.05) is 10.4 Å². The molecule has 5 nitrogen and oxygen atoms in total. The molecule has 3 amide bonds. The SMILES string of the molecule is O=C(NN1C(=O)[C@H]2C34C=CC(C3)[C@@]24C1=O)c1ccc(Cl)cc1Cl. The Morgan fingerprint density at radius 1 is 1.30 bits per heavy atom. The number of hydrazine groups is 1. The minimum Gasteiger partial charge on any atom is -0.272 e. The lowest BCUT2D eigenvalue weighted by Crippen LogP contribution is -2.53. The number of rotatable bonds is 2. The maximum atomic E-state index is 12.7. The lowest BCUT2D eigenvalue weighted by Gasteiger charge is -2.35. The van der Waals surface area contributed by atoms with E-state index in [0.29, 0.717) is 5.02 Å². The van der Waals surface area contributed by atoms with E-state index in [1.165, 1.54) is 18.2 Å². The van der Waals surface area contributed by atoms with Gasteiger partial charge >= 0.3 is 0 Å². The second kappa shape index (κ2) is 3.79. The first-order valence-electron chi connectivity index (χ1n) is 7.27. The van der Waals surface area contributed by atoms with E-state index < -0.39 is 11.3 Å². The summed E-state index contributed by atoms with van der Waals surface area (Å²) in [5.74, 6) is -1.39. The molecule has 6 rings (SSSR count). The molecular weight excluding hydrogens is 339 g/mol. The molecular formula is C16H10Cl2N2O3. The van der Waals surface area contributed by atoms with Crippen molar-refractivity contribution >= 4 is 40.9 Å². The normalized spacial score (nSPS) is 38.3. The second-order valence-electron chi connectivity index (χ2n) is 6.56. The van der Waals surface area contributed by atoms with Crippen molar-refractivity contribution in [2.45, 2.75) is 6.42 Å². The third kappa shape index (κ3) is 1.24. The first-order valence-corrected chi connectivity index (χ1v) is 8.03. The molecule has 4 atom stereocenters. The number of nitrogens with zero attached hydrogens (tertiary/aromatic N) is 1. The monoisotopic (exact) mass is 348 g/mol. The highest BCUT2D eigenvalue weighted by atomic mass is 35.5. The number of carbonyl (C=O) groups is 3. The van der Waals surface area contributed by atoms with Gasteiger partial charge in [-0.1, -0.05) is 35.4 Å². The average Bonchev–Trinajstić information content (AvgIpc) is 2.91. The highest BCUT2D eigenvalue weighted by Gasteiger charge is 2.97. The largest absolute Gasteiger partial charge is 0.272 e. The summed E-state index contributed by atoms with van der Waals surface area (Å²) in [5.41, 5.74) is 1.70. The molecule has 2 bridgehead atoms. The summed E-state index contributed by atoms with van der Waals surface area (Å²) in [7, 11) is 0. The zero-order chi connectivity index (χ0) is 16.1. The third-order valence-electron chi connectivity index (χ3n) is 5.84. The zero-order valence-corrected chi connectivity index (χ0v) is 13.2. The number of halogens is 2. The van der Waals surface area contributed by atoms with Crippen LogP contribution >= 0.6 is 23.2 Å². The molecule has 1 aromatic carbocycles. The van der Waals surface area contributed by atoms with Crippen LogP contribution in [-0.2, 0) is 9.59 Å². The van der Waals surface area contributed by atoms with Gasteiger partial charge < -0.3 is 0 Å². The molecule has 116 valence electrons. The molecule has 7 heteroatoms. The first kappa shape index (κ1) is 13.6. The summed E-state index contributed by atoms with van der Waals surface area (Å²) in [6.07, 6.45) is 4.90. The van der Waals surface area contributed by atoms with E-state index in [-0.39, 0.29) is 39.7 Å². The predicted molar refractivity (Wildman–Crippen MR) is 81.4 cm³/mol. The van der Waals surface area contributed by atoms with Crippen molar-refractivity contribution in [3.8, 4) is 0 Å². The van der Waals surface area contributed by atoms with Crippen molar-refractivity contribution in [2.75, 3.05) is 0 Å². The summed E-state index contributed by atoms with van der Waals surface area (Å²) in [4.78, 5) is 37.5. The number of allylic oxidation sites excluding steroid dienone is 2. The zero-order valence-electron chi connectivity index (χ0n) is 11.7. The molecule has 0 radical (unpaired) electrons. The van der Waals surface area contributed by atoms with Crippen LogP contribution in [0.15, 0.2) is 30.4 Å². The minimum absolute atomic E-state index is 0.130. The number of benzene rings is 1. The van der Waals surface area contributed by atoms with E-state index in [9.17, 15) is 14.4 Å². The number of amides is 3. The van der Waals surface area contributed by atoms with Gasteiger partial charge in [-0.25, -0.2) is 0 Å². The maximum Gasteiger partial charge on any atom is 0.271 e. The molecule has 4 aliphatic carbocycles. The lowest BCUT2D eigenvalue weighted by molar-refractivity contribution is -0.150. The van der Waals surface area contributed by atoms with E-state index in [4.69, 9.17) is 23.2 Å². The van der Waals surface area contributed by atoms with Crippen LogP contribution in [0.4, 0.5) is 0 Å². The molecule has 1 saturated heterocycles. The van der Waals surface area contributed by atoms with E-state index >= 15 is 0 Å². The van der Waals surface area contributed by atoms with Crippen molar-refractivity contribution in [2.24, 2.45) is 22.7 Å². The molecule has 5 aliphatic rings. The van der Waals surface area contributed by atoms with Crippen molar-refractivity contribution < 1.29 is 14.4 Å². The van der Waals surface area contributed by atoms with Crippen LogP contribution in [0.1, 0.15) is 16.8 Å². The summed E-state index contributed by atoms with van der Waals surface area (Å²) in [6.45, 7) is 0. The summed E-state index contributed by atoms with van der Waals surface area (Å²) >= 11 is 11.8. The maximum absolute atomic E-state index is 12.7. The average molecular weight is 349 g/mol. The smallest absolute Gasteiger partial charge is 0.271 e. The Balaban J connectivity index is 1.42. The fourth-order valence-corrected chi connectivity index (χ4v) is 5.38. The van der Waals surface area contributed by atoms with Crippen LogP contribution in [0.25, 0.3) is 0 Å². The Kier molecular flexibility index (Phi) is 2.24. The van der Waals surface area contributed by atoms with Crippen molar-refractivity contribution in [3.63, 3.8) is 0 Å². The quantitative estimate of drug-likeness (QED) is 0.658. The number of hydrogen-bond donors (Lipinski definition) is 1. The second-order valence-corrected chi connectivity index (χ2v) is 7.40. The van der Waals surface area contributed by atoms with Crippen molar-refractivity contribution in [1.82, 2.24) is 10.4 Å². The van der Waals surface area contributed by atoms with Crippen LogP contribution in [-0.4, -0.2) is 22.7 Å². The lowest BCUT2D eigenvalue weighted by atomic mass is 9.70. The van der Waals surface area contributed by atoms with Crippen molar-refractivity contribution in [3.05, 3.63) is 46.0 Å². The Labute approximate surface area is 141 Å². The van der Waals surface area contributed by atoms with Crippen LogP contribution in [0.2, 0.25) is 10.0 Å². The molecule has 1 heterocycles. The van der Waals surface area contributed by atoms with E-state index in [2.05, 4.69) is 5.43 Å². The van der Waals surface area contributed by atoms with Gasteiger partial charge in [0.15, 0.2) is 0 Å². The molecule has 1 aliphatic heterocycles. The van der Waals surface area contributed by atoms with Gasteiger partial charge in [0.25, 0.3) is 17.7 Å². The van der Waals surface area contributed by atoms with E-state index in [1.54, 1.807) is 0 Å². The number of hydrogen-bond acceptors (Lipinski definition) is 3. The first-order chi connectivity index (χ1) is 10.9. The molecule has 2 saturated carbocycles. The standard InChI is InChI=1S/C16H10Cl2N2O3/c17-8-1-2-9(10(18)5-8)12(21)19-20-13(22)11-15-4-3-7(6-15)16(11,15)14(20)23/h1-5,7,11H,6H2,(H,19,21)/t7?,11-,15?,16-/m0/s1. The van der Waals surface area contributed by atoms with E-state index in [1.807, 2.05) is 12.2 Å². The fraction of sp³-hybridized carbons (Fsp3) is 0.312. The predicted octanol–water partition coefficient (Wildman–Crippen LogP) is 2.20. The van der Waals surface area contributed by atoms with Crippen molar-refractivity contribution in [1.29, 1.82) is 0 Å². The molecule has 1 N–H and O–H groups in total. The topological polar surface area (TPSA) is 66.5 Å². The summed E-state index contributed by atoms with van der Waals surface area (Å²) in [5, 5.41) is 1.44. The molecule has 2 unspecified atom stereocenters. The van der Waals surface area contributed by atoms with Gasteiger partial charge in [0.2, 0.25) is 0 Å². The van der Waals surface area contributed by atoms with Crippen LogP contribution in [0.3, 0.4) is 0 Å². The molecule has 23 heavy (non-hydrogen) atoms. The van der Waals surface area contributed by atoms with E-state index in [0.717, 1.165) is 11.4 Å². The van der Waals surface area contributed by atoms with Crippen LogP contribution < -0.4 is 5.43 Å². The minimum atomic E-state index is -0.610. The highest BCUT2D eigenvalue weighted by molar-refractivity contribution is 6.36. The Morgan fingerprint density at radius 3 is 2.74 bits per heavy atom. The third-order valence-corrected chi connectivity index (χ3v) is 6.39. The van der Waals surface area contributed by atoms with Gasteiger partial charge in [-0.15, -0.1) is 0 Å². The number of carbonyl (C=O) groups excluding carboxylic acids is 3. The number of nitrogens with one attached hydrogen (secondary N) is 1. The van der Waals surface area contributed by atoms with Gasteiger partial charge in [0.05, 0.1) is 21.9 Å². The highest BCUT2D eigenvalue weighted by Crippen LogP contribution is 2.91. The summed E-state index contributed by atoms with van der Waals surface area (Å²) in [6, 6.07) is 4.42. The number of imide groups is 1. The van der Waals surface area contributed by atoms with Gasteiger partial charge in [-0.05, 0) is 30.5 Å². The Hall–Kier alpha value is -1.85. The van der Waals surface area contributed by atoms with Crippen LogP contribution in [0, 0.1) is 22.7 Å². The Bertz CT molecular complexity index is 867. The molecule has 1 aromatic rings. The van der Waals surface area contributed by atoms with Gasteiger partial charge in [-0.2, -0.15) is 5.01 Å². The molecule has 3 fully saturated rings. The fourth-order valence-electron chi connectivity index (χ4n) is 4.88. The summed E-state index contributed by atoms with van der Waals surface area (Å²) < 4.78 is 0. The Morgan fingerprint density at radius 2 is 2.09 bits per heavy atom. The van der Waals surface area contributed by atoms with Gasteiger partial charge in [-0.3, -0.25) is 19.8 Å². The van der Waals surface area contributed by atoms with Gasteiger partial charge in [0.1, 0.15) is 0 Å². The van der Waals surface area contributed by atoms with Crippen LogP contribution in [0.5, 0.6) is 0 Å². The molecule has 0 aromatic heterocycles. The molecule has 2 spiro atoms.